The van der Waals surface area contributed by atoms with E-state index >= 15 is 0 Å². The maximum atomic E-state index is 11.9. The van der Waals surface area contributed by atoms with E-state index < -0.39 is 10.8 Å². The molecule has 0 saturated heterocycles. The number of nitro benzene ring substituents is 1. The smallest absolute Gasteiger partial charge is 0.270 e. The first-order valence-electron chi connectivity index (χ1n) is 6.59. The summed E-state index contributed by atoms with van der Waals surface area (Å²) in [7, 11) is 0. The highest BCUT2D eigenvalue weighted by atomic mass is 16.6. The number of carbonyl (C=O) groups excluding carboxylic acids is 2. The van der Waals surface area contributed by atoms with Gasteiger partial charge in [0.15, 0.2) is 0 Å². The van der Waals surface area contributed by atoms with E-state index in [1.165, 1.54) is 12.1 Å². The highest BCUT2D eigenvalue weighted by Gasteiger charge is 2.29. The summed E-state index contributed by atoms with van der Waals surface area (Å²) in [5.74, 6) is -0.385. The second kappa shape index (κ2) is 6.21. The fourth-order valence-corrected chi connectivity index (χ4v) is 1.80. The normalized spacial score (nSPS) is 13.5. The van der Waals surface area contributed by atoms with Gasteiger partial charge in [0.25, 0.3) is 11.6 Å². The first kappa shape index (κ1) is 14.8. The maximum Gasteiger partial charge on any atom is 0.270 e. The van der Waals surface area contributed by atoms with Crippen LogP contribution in [0.3, 0.4) is 0 Å². The van der Waals surface area contributed by atoms with E-state index in [4.69, 9.17) is 5.73 Å². The number of carbonyl (C=O) groups is 2. The Kier molecular flexibility index (Phi) is 4.36. The van der Waals surface area contributed by atoms with Crippen LogP contribution in [-0.4, -0.2) is 29.8 Å². The molecule has 2 amide bonds. The number of amides is 2. The third-order valence-corrected chi connectivity index (χ3v) is 3.15. The number of benzene rings is 1. The number of nitro groups is 1. The Morgan fingerprint density at radius 1 is 1.29 bits per heavy atom. The first-order valence-corrected chi connectivity index (χ1v) is 6.59. The van der Waals surface area contributed by atoms with Gasteiger partial charge in [0.2, 0.25) is 5.91 Å². The van der Waals surface area contributed by atoms with Crippen LogP contribution in [0, 0.1) is 16.0 Å². The second-order valence-electron chi connectivity index (χ2n) is 4.85. The first-order chi connectivity index (χ1) is 9.99. The Bertz CT molecular complexity index is 584. The molecule has 21 heavy (non-hydrogen) atoms. The van der Waals surface area contributed by atoms with Crippen LogP contribution in [0.4, 0.5) is 11.4 Å². The minimum absolute atomic E-state index is 0.000822. The van der Waals surface area contributed by atoms with Crippen LogP contribution in [0.1, 0.15) is 23.2 Å². The number of hydrogen-bond donors (Lipinski definition) is 3. The molecule has 0 aromatic heterocycles. The molecule has 8 nitrogen and oxygen atoms in total. The number of nitrogens with two attached hydrogens (primary N) is 1. The molecule has 1 aliphatic rings. The van der Waals surface area contributed by atoms with E-state index in [9.17, 15) is 19.7 Å². The molecular formula is C13H16N4O4. The van der Waals surface area contributed by atoms with Gasteiger partial charge in [-0.2, -0.15) is 0 Å². The zero-order valence-corrected chi connectivity index (χ0v) is 11.3. The van der Waals surface area contributed by atoms with Gasteiger partial charge in [0, 0.05) is 36.8 Å². The molecule has 1 fully saturated rings. The van der Waals surface area contributed by atoms with Crippen molar-refractivity contribution in [3.05, 3.63) is 33.9 Å². The van der Waals surface area contributed by atoms with Crippen LogP contribution in [0.25, 0.3) is 0 Å². The van der Waals surface area contributed by atoms with Crippen molar-refractivity contribution in [1.82, 2.24) is 10.6 Å². The van der Waals surface area contributed by atoms with Gasteiger partial charge in [-0.15, -0.1) is 0 Å². The molecule has 112 valence electrons. The molecule has 0 spiro atoms. The quantitative estimate of drug-likeness (QED) is 0.303. The largest absolute Gasteiger partial charge is 0.398 e. The number of nitrogens with one attached hydrogen (secondary N) is 2. The molecule has 0 heterocycles. The molecule has 1 saturated carbocycles. The van der Waals surface area contributed by atoms with E-state index in [0.717, 1.165) is 18.9 Å². The average molecular weight is 292 g/mol. The number of hydrogen-bond acceptors (Lipinski definition) is 5. The molecular weight excluding hydrogens is 276 g/mol. The lowest BCUT2D eigenvalue weighted by atomic mass is 10.1. The van der Waals surface area contributed by atoms with Crippen molar-refractivity contribution in [2.24, 2.45) is 5.92 Å². The maximum absolute atomic E-state index is 11.9. The lowest BCUT2D eigenvalue weighted by molar-refractivity contribution is -0.384. The Morgan fingerprint density at radius 2 is 1.95 bits per heavy atom. The molecule has 8 heteroatoms. The average Bonchev–Trinajstić information content (AvgIpc) is 3.27. The zero-order chi connectivity index (χ0) is 15.4. The predicted molar refractivity (Wildman–Crippen MR) is 75.6 cm³/mol. The Labute approximate surface area is 120 Å². The van der Waals surface area contributed by atoms with Crippen molar-refractivity contribution < 1.29 is 14.5 Å². The van der Waals surface area contributed by atoms with Gasteiger partial charge in [-0.25, -0.2) is 0 Å². The molecule has 1 aromatic carbocycles. The Hall–Kier alpha value is -2.64. The molecule has 2 rings (SSSR count). The number of anilines is 1. The molecule has 0 atom stereocenters. The number of nitrogens with zero attached hydrogens (tertiary/aromatic N) is 1. The van der Waals surface area contributed by atoms with E-state index in [-0.39, 0.29) is 35.3 Å². The molecule has 0 bridgehead atoms. The summed E-state index contributed by atoms with van der Waals surface area (Å²) >= 11 is 0. The number of nitrogen functional groups attached to an aromatic ring is 1. The fourth-order valence-electron chi connectivity index (χ4n) is 1.80. The monoisotopic (exact) mass is 292 g/mol. The van der Waals surface area contributed by atoms with E-state index in [1.807, 2.05) is 0 Å². The number of non-ortho nitro benzene ring substituents is 1. The zero-order valence-electron chi connectivity index (χ0n) is 11.3. The third-order valence-electron chi connectivity index (χ3n) is 3.15. The topological polar surface area (TPSA) is 127 Å². The lowest BCUT2D eigenvalue weighted by Gasteiger charge is -2.08. The van der Waals surface area contributed by atoms with Crippen LogP contribution < -0.4 is 16.4 Å². The van der Waals surface area contributed by atoms with Crippen LogP contribution in [0.2, 0.25) is 0 Å². The predicted octanol–water partition coefficient (Wildman–Crippen LogP) is 0.433. The van der Waals surface area contributed by atoms with Gasteiger partial charge in [0.1, 0.15) is 0 Å². The van der Waals surface area contributed by atoms with Crippen molar-refractivity contribution in [1.29, 1.82) is 0 Å². The van der Waals surface area contributed by atoms with Gasteiger partial charge >= 0.3 is 0 Å². The Morgan fingerprint density at radius 3 is 2.57 bits per heavy atom. The third kappa shape index (κ3) is 3.91. The van der Waals surface area contributed by atoms with Crippen LogP contribution in [-0.2, 0) is 4.79 Å². The fraction of sp³-hybridized carbons (Fsp3) is 0.385. The lowest BCUT2D eigenvalue weighted by Crippen LogP contribution is -2.35. The molecule has 1 aliphatic carbocycles. The summed E-state index contributed by atoms with van der Waals surface area (Å²) in [5, 5.41) is 15.9. The van der Waals surface area contributed by atoms with Crippen molar-refractivity contribution in [3.63, 3.8) is 0 Å². The minimum atomic E-state index is -0.591. The van der Waals surface area contributed by atoms with Gasteiger partial charge in [0.05, 0.1) is 10.5 Å². The highest BCUT2D eigenvalue weighted by molar-refractivity contribution is 5.99. The summed E-state index contributed by atoms with van der Waals surface area (Å²) < 4.78 is 0. The Balaban J connectivity index is 1.86. The van der Waals surface area contributed by atoms with Crippen molar-refractivity contribution in [3.8, 4) is 0 Å². The van der Waals surface area contributed by atoms with Gasteiger partial charge in [-0.05, 0) is 18.9 Å². The van der Waals surface area contributed by atoms with Crippen LogP contribution in [0.15, 0.2) is 18.2 Å². The molecule has 4 N–H and O–H groups in total. The summed E-state index contributed by atoms with van der Waals surface area (Å²) in [6.07, 6.45) is 1.84. The molecule has 1 aromatic rings. The standard InChI is InChI=1S/C13H16N4O4/c14-11-4-3-9(17(20)21)7-10(11)13(19)16-6-5-15-12(18)8-1-2-8/h3-4,7-8H,1-2,5-6,14H2,(H,15,18)(H,16,19). The summed E-state index contributed by atoms with van der Waals surface area (Å²) in [4.78, 5) is 33.4. The minimum Gasteiger partial charge on any atom is -0.398 e. The molecule has 0 radical (unpaired) electrons. The van der Waals surface area contributed by atoms with E-state index in [0.29, 0.717) is 6.54 Å². The van der Waals surface area contributed by atoms with Crippen LogP contribution >= 0.6 is 0 Å². The van der Waals surface area contributed by atoms with E-state index in [1.54, 1.807) is 0 Å². The van der Waals surface area contributed by atoms with E-state index in [2.05, 4.69) is 10.6 Å². The SMILES string of the molecule is Nc1ccc([N+](=O)[O-])cc1C(=O)NCCNC(=O)C1CC1. The molecule has 0 aliphatic heterocycles. The highest BCUT2D eigenvalue weighted by Crippen LogP contribution is 2.28. The van der Waals surface area contributed by atoms with Crippen LogP contribution in [0.5, 0.6) is 0 Å². The summed E-state index contributed by atoms with van der Waals surface area (Å²) in [6.45, 7) is 0.551. The van der Waals surface area contributed by atoms with Crippen molar-refractivity contribution >= 4 is 23.2 Å². The molecule has 0 unspecified atom stereocenters. The van der Waals surface area contributed by atoms with Crippen molar-refractivity contribution in [2.75, 3.05) is 18.8 Å². The van der Waals surface area contributed by atoms with Gasteiger partial charge < -0.3 is 16.4 Å². The van der Waals surface area contributed by atoms with Crippen molar-refractivity contribution in [2.45, 2.75) is 12.8 Å². The summed E-state index contributed by atoms with van der Waals surface area (Å²) in [5.41, 5.74) is 5.66. The van der Waals surface area contributed by atoms with Gasteiger partial charge in [-0.1, -0.05) is 0 Å². The number of rotatable bonds is 6. The second-order valence-corrected chi connectivity index (χ2v) is 4.85. The summed E-state index contributed by atoms with van der Waals surface area (Å²) in [6, 6.07) is 3.69. The van der Waals surface area contributed by atoms with Gasteiger partial charge in [-0.3, -0.25) is 19.7 Å².